The Hall–Kier alpha value is -1.86. The van der Waals surface area contributed by atoms with Crippen molar-refractivity contribution in [3.8, 4) is 5.88 Å². The second-order valence-corrected chi connectivity index (χ2v) is 6.57. The Labute approximate surface area is 124 Å². The highest BCUT2D eigenvalue weighted by Crippen LogP contribution is 2.19. The van der Waals surface area contributed by atoms with Crippen molar-refractivity contribution in [3.63, 3.8) is 0 Å². The van der Waals surface area contributed by atoms with Crippen LogP contribution in [0.5, 0.6) is 5.88 Å². The normalized spacial score (nSPS) is 11.8. The van der Waals surface area contributed by atoms with E-state index in [1.165, 1.54) is 23.6 Å². The third-order valence-corrected chi connectivity index (χ3v) is 4.86. The first-order chi connectivity index (χ1) is 9.95. The number of sulfonamides is 1. The Morgan fingerprint density at radius 1 is 1.33 bits per heavy atom. The first kappa shape index (κ1) is 15.5. The second-order valence-electron chi connectivity index (χ2n) is 4.53. The van der Waals surface area contributed by atoms with E-state index in [1.54, 1.807) is 25.3 Å². The number of hydrogen-bond donors (Lipinski definition) is 0. The van der Waals surface area contributed by atoms with Crippen LogP contribution in [0, 0.1) is 6.92 Å². The number of ether oxygens (including phenoxy) is 1. The van der Waals surface area contributed by atoms with Crippen molar-refractivity contribution in [1.29, 1.82) is 0 Å². The quantitative estimate of drug-likeness (QED) is 0.818. The van der Waals surface area contributed by atoms with Crippen molar-refractivity contribution in [1.82, 2.24) is 9.29 Å². The van der Waals surface area contributed by atoms with Gasteiger partial charge in [0, 0.05) is 25.2 Å². The van der Waals surface area contributed by atoms with Crippen LogP contribution < -0.4 is 4.74 Å². The highest BCUT2D eigenvalue weighted by molar-refractivity contribution is 7.89. The van der Waals surface area contributed by atoms with Crippen LogP contribution in [0.15, 0.2) is 40.0 Å². The van der Waals surface area contributed by atoms with Gasteiger partial charge in [0.2, 0.25) is 15.9 Å². The van der Waals surface area contributed by atoms with Crippen molar-refractivity contribution in [2.75, 3.05) is 13.7 Å². The number of pyridine rings is 1. The van der Waals surface area contributed by atoms with Gasteiger partial charge in [-0.05, 0) is 26.0 Å². The monoisotopic (exact) mass is 310 g/mol. The minimum atomic E-state index is -3.59. The van der Waals surface area contributed by atoms with Crippen LogP contribution in [0.4, 0.5) is 0 Å². The van der Waals surface area contributed by atoms with E-state index in [9.17, 15) is 8.42 Å². The first-order valence-corrected chi connectivity index (χ1v) is 7.97. The molecule has 0 spiro atoms. The summed E-state index contributed by atoms with van der Waals surface area (Å²) in [5.74, 6) is 1.12. The van der Waals surface area contributed by atoms with Gasteiger partial charge in [-0.1, -0.05) is 0 Å². The van der Waals surface area contributed by atoms with Crippen LogP contribution in [0.3, 0.4) is 0 Å². The van der Waals surface area contributed by atoms with Crippen molar-refractivity contribution in [2.45, 2.75) is 25.3 Å². The molecule has 0 N–H and O–H groups in total. The lowest BCUT2D eigenvalue weighted by molar-refractivity contribution is 0.326. The first-order valence-electron chi connectivity index (χ1n) is 6.53. The maximum atomic E-state index is 12.5. The summed E-state index contributed by atoms with van der Waals surface area (Å²) >= 11 is 0. The molecular formula is C14H18N2O4S. The molecule has 0 aliphatic rings. The smallest absolute Gasteiger partial charge is 0.244 e. The van der Waals surface area contributed by atoms with Crippen molar-refractivity contribution in [3.05, 3.63) is 42.0 Å². The molecule has 0 aliphatic heterocycles. The summed E-state index contributed by atoms with van der Waals surface area (Å²) in [4.78, 5) is 4.12. The van der Waals surface area contributed by atoms with Crippen LogP contribution in [0.25, 0.3) is 0 Å². The van der Waals surface area contributed by atoms with Gasteiger partial charge in [0.15, 0.2) is 0 Å². The molecule has 0 radical (unpaired) electrons. The van der Waals surface area contributed by atoms with Gasteiger partial charge in [-0.2, -0.15) is 4.31 Å². The van der Waals surface area contributed by atoms with Gasteiger partial charge in [-0.25, -0.2) is 13.4 Å². The lowest BCUT2D eigenvalue weighted by Gasteiger charge is -2.16. The lowest BCUT2D eigenvalue weighted by atomic mass is 10.3. The van der Waals surface area contributed by atoms with Crippen molar-refractivity contribution < 1.29 is 17.6 Å². The summed E-state index contributed by atoms with van der Waals surface area (Å²) in [6.45, 7) is 4.37. The molecule has 0 saturated heterocycles. The number of hydrogen-bond acceptors (Lipinski definition) is 5. The molecule has 2 heterocycles. The third kappa shape index (κ3) is 3.43. The maximum Gasteiger partial charge on any atom is 0.244 e. The van der Waals surface area contributed by atoms with Crippen LogP contribution in [-0.4, -0.2) is 31.4 Å². The van der Waals surface area contributed by atoms with E-state index in [-0.39, 0.29) is 11.4 Å². The molecule has 7 heteroatoms. The van der Waals surface area contributed by atoms with Crippen LogP contribution in [-0.2, 0) is 16.6 Å². The van der Waals surface area contributed by atoms with Gasteiger partial charge in [0.25, 0.3) is 0 Å². The molecule has 0 saturated carbocycles. The number of rotatable bonds is 6. The molecule has 0 amide bonds. The third-order valence-electron chi connectivity index (χ3n) is 3.07. The van der Waals surface area contributed by atoms with Gasteiger partial charge in [0.05, 0.1) is 19.1 Å². The molecule has 2 aromatic heterocycles. The summed E-state index contributed by atoms with van der Waals surface area (Å²) in [5.41, 5.74) is 0.833. The van der Waals surface area contributed by atoms with Crippen molar-refractivity contribution in [2.24, 2.45) is 0 Å². The molecule has 2 aromatic rings. The summed E-state index contributed by atoms with van der Waals surface area (Å²) in [6, 6.07) is 4.80. The summed E-state index contributed by atoms with van der Waals surface area (Å²) in [5, 5.41) is 0. The molecular weight excluding hydrogens is 292 g/mol. The zero-order valence-corrected chi connectivity index (χ0v) is 13.1. The summed E-state index contributed by atoms with van der Waals surface area (Å²) in [6.07, 6.45) is 2.85. The van der Waals surface area contributed by atoms with E-state index in [1.807, 2.05) is 6.92 Å². The van der Waals surface area contributed by atoms with E-state index >= 15 is 0 Å². The Kier molecular flexibility index (Phi) is 4.64. The van der Waals surface area contributed by atoms with Crippen molar-refractivity contribution >= 4 is 10.0 Å². The zero-order chi connectivity index (χ0) is 15.5. The zero-order valence-electron chi connectivity index (χ0n) is 12.2. The largest absolute Gasteiger partial charge is 0.478 e. The predicted molar refractivity (Wildman–Crippen MR) is 77.5 cm³/mol. The van der Waals surface area contributed by atoms with Gasteiger partial charge >= 0.3 is 0 Å². The Morgan fingerprint density at radius 3 is 2.62 bits per heavy atom. The highest BCUT2D eigenvalue weighted by Gasteiger charge is 2.22. The van der Waals surface area contributed by atoms with Gasteiger partial charge in [-0.3, -0.25) is 0 Å². The standard InChI is InChI=1S/C14H18N2O4S/c1-4-19-14-6-5-13(9-15-14)21(17,18)16(3)10-12-7-8-20-11(12)2/h5-9H,4,10H2,1-3H3. The van der Waals surface area contributed by atoms with Gasteiger partial charge in [-0.15, -0.1) is 0 Å². The fourth-order valence-electron chi connectivity index (χ4n) is 1.83. The second kappa shape index (κ2) is 6.28. The minimum Gasteiger partial charge on any atom is -0.478 e. The number of aryl methyl sites for hydroxylation is 1. The van der Waals surface area contributed by atoms with Crippen LogP contribution in [0.1, 0.15) is 18.2 Å². The molecule has 0 bridgehead atoms. The molecule has 114 valence electrons. The minimum absolute atomic E-state index is 0.134. The average molecular weight is 310 g/mol. The average Bonchev–Trinajstić information content (AvgIpc) is 2.85. The fraction of sp³-hybridized carbons (Fsp3) is 0.357. The topological polar surface area (TPSA) is 72.6 Å². The molecule has 0 aliphatic carbocycles. The fourth-order valence-corrected chi connectivity index (χ4v) is 2.93. The predicted octanol–water partition coefficient (Wildman–Crippen LogP) is 2.20. The van der Waals surface area contributed by atoms with E-state index < -0.39 is 10.0 Å². The summed E-state index contributed by atoms with van der Waals surface area (Å²) < 4.78 is 36.6. The molecule has 0 unspecified atom stereocenters. The molecule has 0 fully saturated rings. The van der Waals surface area contributed by atoms with E-state index in [2.05, 4.69) is 4.98 Å². The molecule has 0 aromatic carbocycles. The van der Waals surface area contributed by atoms with E-state index in [0.29, 0.717) is 18.2 Å². The number of aromatic nitrogens is 1. The van der Waals surface area contributed by atoms with E-state index in [4.69, 9.17) is 9.15 Å². The maximum absolute atomic E-state index is 12.5. The Morgan fingerprint density at radius 2 is 2.10 bits per heavy atom. The van der Waals surface area contributed by atoms with Crippen LogP contribution in [0.2, 0.25) is 0 Å². The number of furan rings is 1. The number of nitrogens with zero attached hydrogens (tertiary/aromatic N) is 2. The lowest BCUT2D eigenvalue weighted by Crippen LogP contribution is -2.26. The molecule has 2 rings (SSSR count). The highest BCUT2D eigenvalue weighted by atomic mass is 32.2. The molecule has 6 nitrogen and oxygen atoms in total. The van der Waals surface area contributed by atoms with Crippen LogP contribution >= 0.6 is 0 Å². The Balaban J connectivity index is 2.18. The SMILES string of the molecule is CCOc1ccc(S(=O)(=O)N(C)Cc2ccoc2C)cn1. The van der Waals surface area contributed by atoms with Gasteiger partial charge in [0.1, 0.15) is 10.7 Å². The molecule has 0 atom stereocenters. The molecule has 21 heavy (non-hydrogen) atoms. The summed E-state index contributed by atoms with van der Waals surface area (Å²) in [7, 11) is -2.06. The van der Waals surface area contributed by atoms with E-state index in [0.717, 1.165) is 5.56 Å². The van der Waals surface area contributed by atoms with Gasteiger partial charge < -0.3 is 9.15 Å². The Bertz CT molecular complexity index is 692.